The average molecular weight is 290 g/mol. The SMILES string of the molecule is CC(C)(C)S(=O)(=O)C(C)(C)I. The third-order valence-corrected chi connectivity index (χ3v) is 6.07. The molecular weight excluding hydrogens is 275 g/mol. The van der Waals surface area contributed by atoms with Gasteiger partial charge in [0.25, 0.3) is 0 Å². The molecule has 68 valence electrons. The summed E-state index contributed by atoms with van der Waals surface area (Å²) >= 11 is 1.96. The van der Waals surface area contributed by atoms with E-state index in [0.717, 1.165) is 0 Å². The summed E-state index contributed by atoms with van der Waals surface area (Å²) in [6, 6.07) is 0. The van der Waals surface area contributed by atoms with Crippen LogP contribution in [0.25, 0.3) is 0 Å². The van der Waals surface area contributed by atoms with Crippen molar-refractivity contribution in [1.29, 1.82) is 0 Å². The highest BCUT2D eigenvalue weighted by molar-refractivity contribution is 14.1. The molecule has 0 amide bonds. The quantitative estimate of drug-likeness (QED) is 0.549. The Labute approximate surface area is 82.8 Å². The fourth-order valence-electron chi connectivity index (χ4n) is 0.728. The van der Waals surface area contributed by atoms with Crippen LogP contribution in [0.3, 0.4) is 0 Å². The lowest BCUT2D eigenvalue weighted by Crippen LogP contribution is -2.39. The Balaban J connectivity index is 5.11. The standard InChI is InChI=1S/C7H15IO2S/c1-6(2,3)11(9,10)7(4,5)8/h1-5H3. The topological polar surface area (TPSA) is 34.1 Å². The van der Waals surface area contributed by atoms with E-state index in [9.17, 15) is 8.42 Å². The molecule has 0 heterocycles. The fraction of sp³-hybridized carbons (Fsp3) is 1.00. The minimum Gasteiger partial charge on any atom is -0.227 e. The normalized spacial score (nSPS) is 15.1. The summed E-state index contributed by atoms with van der Waals surface area (Å²) in [6.45, 7) is 8.61. The molecule has 0 atom stereocenters. The van der Waals surface area contributed by atoms with E-state index in [4.69, 9.17) is 0 Å². The summed E-state index contributed by atoms with van der Waals surface area (Å²) in [7, 11) is -3.03. The van der Waals surface area contributed by atoms with Gasteiger partial charge in [-0.2, -0.15) is 0 Å². The van der Waals surface area contributed by atoms with Crippen molar-refractivity contribution in [1.82, 2.24) is 0 Å². The molecule has 0 N–H and O–H groups in total. The zero-order chi connectivity index (χ0) is 9.50. The van der Waals surface area contributed by atoms with E-state index in [2.05, 4.69) is 0 Å². The molecule has 0 aliphatic rings. The first kappa shape index (κ1) is 11.7. The van der Waals surface area contributed by atoms with E-state index < -0.39 is 17.3 Å². The molecule has 0 rings (SSSR count). The Kier molecular flexibility index (Phi) is 3.05. The molecule has 0 aromatic carbocycles. The summed E-state index contributed by atoms with van der Waals surface area (Å²) < 4.78 is 22.0. The summed E-state index contributed by atoms with van der Waals surface area (Å²) in [5.41, 5.74) is 0. The highest BCUT2D eigenvalue weighted by atomic mass is 127. The molecule has 0 aromatic rings. The van der Waals surface area contributed by atoms with Gasteiger partial charge in [0, 0.05) is 0 Å². The largest absolute Gasteiger partial charge is 0.227 e. The molecule has 0 saturated heterocycles. The molecule has 4 heteroatoms. The van der Waals surface area contributed by atoms with Crippen LogP contribution in [0.15, 0.2) is 0 Å². The van der Waals surface area contributed by atoms with E-state index in [1.165, 1.54) is 0 Å². The van der Waals surface area contributed by atoms with Crippen molar-refractivity contribution >= 4 is 32.4 Å². The van der Waals surface area contributed by atoms with E-state index in [1.807, 2.05) is 22.6 Å². The van der Waals surface area contributed by atoms with Gasteiger partial charge < -0.3 is 0 Å². The number of rotatable bonds is 1. The number of alkyl halides is 1. The van der Waals surface area contributed by atoms with Crippen LogP contribution in [0.2, 0.25) is 0 Å². The van der Waals surface area contributed by atoms with Crippen LogP contribution in [-0.2, 0) is 9.84 Å². The third kappa shape index (κ3) is 2.31. The lowest BCUT2D eigenvalue weighted by Gasteiger charge is -2.27. The summed E-state index contributed by atoms with van der Waals surface area (Å²) in [5.74, 6) is 0. The number of sulfone groups is 1. The predicted octanol–water partition coefficient (Wildman–Crippen LogP) is 2.37. The zero-order valence-corrected chi connectivity index (χ0v) is 10.6. The Morgan fingerprint density at radius 3 is 1.27 bits per heavy atom. The maximum atomic E-state index is 11.7. The molecule has 2 nitrogen and oxygen atoms in total. The van der Waals surface area contributed by atoms with Crippen LogP contribution >= 0.6 is 22.6 Å². The molecule has 0 unspecified atom stereocenters. The minimum absolute atomic E-state index is 0.655. The second-order valence-electron chi connectivity index (χ2n) is 3.98. The maximum absolute atomic E-state index is 11.7. The molecule has 0 fully saturated rings. The Morgan fingerprint density at radius 2 is 1.27 bits per heavy atom. The van der Waals surface area contributed by atoms with Crippen molar-refractivity contribution in [2.45, 2.75) is 42.1 Å². The molecule has 11 heavy (non-hydrogen) atoms. The monoisotopic (exact) mass is 290 g/mol. The van der Waals surface area contributed by atoms with Crippen molar-refractivity contribution in [3.63, 3.8) is 0 Å². The Bertz CT molecular complexity index is 208. The summed E-state index contributed by atoms with van der Waals surface area (Å²) in [6.07, 6.45) is 0. The number of halogens is 1. The van der Waals surface area contributed by atoms with Gasteiger partial charge in [0.15, 0.2) is 9.84 Å². The van der Waals surface area contributed by atoms with Gasteiger partial charge in [-0.3, -0.25) is 0 Å². The van der Waals surface area contributed by atoms with Crippen LogP contribution in [0, 0.1) is 0 Å². The third-order valence-electron chi connectivity index (χ3n) is 1.45. The second kappa shape index (κ2) is 2.87. The lowest BCUT2D eigenvalue weighted by molar-refractivity contribution is 0.549. The van der Waals surface area contributed by atoms with Gasteiger partial charge in [0.1, 0.15) is 2.75 Å². The van der Waals surface area contributed by atoms with Gasteiger partial charge in [0.2, 0.25) is 0 Å². The van der Waals surface area contributed by atoms with Crippen molar-refractivity contribution in [3.8, 4) is 0 Å². The van der Waals surface area contributed by atoms with Crippen LogP contribution in [0.1, 0.15) is 34.6 Å². The summed E-state index contributed by atoms with van der Waals surface area (Å²) in [4.78, 5) is 0. The van der Waals surface area contributed by atoms with Gasteiger partial charge in [0.05, 0.1) is 4.75 Å². The molecule has 0 saturated carbocycles. The lowest BCUT2D eigenvalue weighted by atomic mass is 10.3. The molecule has 0 aliphatic heterocycles. The highest BCUT2D eigenvalue weighted by Crippen LogP contribution is 2.33. The van der Waals surface area contributed by atoms with E-state index in [0.29, 0.717) is 0 Å². The van der Waals surface area contributed by atoms with Crippen LogP contribution < -0.4 is 0 Å². The average Bonchev–Trinajstić information content (AvgIpc) is 1.58. The van der Waals surface area contributed by atoms with Gasteiger partial charge in [-0.05, 0) is 34.6 Å². The number of hydrogen-bond donors (Lipinski definition) is 0. The highest BCUT2D eigenvalue weighted by Gasteiger charge is 2.41. The Hall–Kier alpha value is 0.680. The van der Waals surface area contributed by atoms with Crippen LogP contribution in [-0.4, -0.2) is 15.9 Å². The van der Waals surface area contributed by atoms with Gasteiger partial charge in [-0.25, -0.2) is 8.42 Å². The molecular formula is C7H15IO2S. The minimum atomic E-state index is -3.03. The van der Waals surface area contributed by atoms with E-state index in [-0.39, 0.29) is 0 Å². The van der Waals surface area contributed by atoms with E-state index in [1.54, 1.807) is 34.6 Å². The first-order valence-corrected chi connectivity index (χ1v) is 5.99. The number of hydrogen-bond acceptors (Lipinski definition) is 2. The van der Waals surface area contributed by atoms with Crippen LogP contribution in [0.4, 0.5) is 0 Å². The molecule has 0 aliphatic carbocycles. The van der Waals surface area contributed by atoms with Crippen molar-refractivity contribution in [2.24, 2.45) is 0 Å². The predicted molar refractivity (Wildman–Crippen MR) is 56.8 cm³/mol. The summed E-state index contributed by atoms with van der Waals surface area (Å²) in [5, 5.41) is 0. The van der Waals surface area contributed by atoms with Crippen LogP contribution in [0.5, 0.6) is 0 Å². The maximum Gasteiger partial charge on any atom is 0.169 e. The van der Waals surface area contributed by atoms with Gasteiger partial charge in [-0.1, -0.05) is 22.6 Å². The van der Waals surface area contributed by atoms with Gasteiger partial charge in [-0.15, -0.1) is 0 Å². The Morgan fingerprint density at radius 1 is 1.00 bits per heavy atom. The van der Waals surface area contributed by atoms with Crippen molar-refractivity contribution in [2.75, 3.05) is 0 Å². The first-order valence-electron chi connectivity index (χ1n) is 3.43. The zero-order valence-electron chi connectivity index (χ0n) is 7.60. The molecule has 0 radical (unpaired) electrons. The smallest absolute Gasteiger partial charge is 0.169 e. The van der Waals surface area contributed by atoms with Gasteiger partial charge >= 0.3 is 0 Å². The van der Waals surface area contributed by atoms with Crippen molar-refractivity contribution < 1.29 is 8.42 Å². The van der Waals surface area contributed by atoms with Crippen molar-refractivity contribution in [3.05, 3.63) is 0 Å². The molecule has 0 bridgehead atoms. The fourth-order valence-corrected chi connectivity index (χ4v) is 4.17. The van der Waals surface area contributed by atoms with E-state index >= 15 is 0 Å². The second-order valence-corrected chi connectivity index (χ2v) is 10.7. The molecule has 0 aromatic heterocycles. The molecule has 0 spiro atoms. The first-order chi connectivity index (χ1) is 4.50.